The summed E-state index contributed by atoms with van der Waals surface area (Å²) in [4.78, 5) is 4.82. The molecule has 3 aromatic carbocycles. The van der Waals surface area contributed by atoms with Crippen LogP contribution in [0.25, 0.3) is 28.1 Å². The van der Waals surface area contributed by atoms with Crippen molar-refractivity contribution in [3.05, 3.63) is 84.9 Å². The molecule has 0 aliphatic carbocycles. The number of nitrogens with zero attached hydrogens (tertiary/aromatic N) is 2. The Labute approximate surface area is 169 Å². The van der Waals surface area contributed by atoms with Crippen molar-refractivity contribution in [1.29, 1.82) is 0 Å². The van der Waals surface area contributed by atoms with Crippen molar-refractivity contribution >= 4 is 11.0 Å². The van der Waals surface area contributed by atoms with Crippen LogP contribution in [-0.2, 0) is 0 Å². The van der Waals surface area contributed by atoms with E-state index in [2.05, 4.69) is 59.2 Å². The van der Waals surface area contributed by atoms with Gasteiger partial charge in [0.25, 0.3) is 0 Å². The Bertz CT molecular complexity index is 1020. The Morgan fingerprint density at radius 2 is 1.24 bits per heavy atom. The van der Waals surface area contributed by atoms with Crippen LogP contribution < -0.4 is 5.73 Å². The number of fused-ring (bicyclic) bond motifs is 1. The van der Waals surface area contributed by atoms with E-state index in [-0.39, 0.29) is 0 Å². The summed E-state index contributed by atoms with van der Waals surface area (Å²) < 4.78 is 2.21. The molecular formula is C23H25N3O3. The van der Waals surface area contributed by atoms with Crippen molar-refractivity contribution in [3.63, 3.8) is 0 Å². The fourth-order valence-electron chi connectivity index (χ4n) is 2.80. The van der Waals surface area contributed by atoms with Crippen LogP contribution in [0.5, 0.6) is 0 Å². The highest BCUT2D eigenvalue weighted by Gasteiger charge is 2.20. The molecule has 0 unspecified atom stereocenters. The van der Waals surface area contributed by atoms with Gasteiger partial charge in [-0.15, -0.1) is 0 Å². The van der Waals surface area contributed by atoms with Crippen molar-refractivity contribution in [2.75, 3.05) is 19.8 Å². The molecule has 0 atom stereocenters. The summed E-state index contributed by atoms with van der Waals surface area (Å²) in [5.74, 6) is 0.975. The summed E-state index contributed by atoms with van der Waals surface area (Å²) in [6.07, 6.45) is 0. The molecule has 0 saturated carbocycles. The van der Waals surface area contributed by atoms with E-state index in [9.17, 15) is 0 Å². The Morgan fingerprint density at radius 3 is 1.79 bits per heavy atom. The first kappa shape index (κ1) is 20.7. The van der Waals surface area contributed by atoms with Gasteiger partial charge in [0, 0.05) is 11.3 Å². The van der Waals surface area contributed by atoms with Crippen molar-refractivity contribution < 1.29 is 15.3 Å². The standard InChI is InChI=1S/C19H14N2.C4H11NO3/c1-3-9-15(10-4-1)19-20-17-13-7-8-14-18(17)21(19)16-11-5-2-6-12-16;5-4(1-6,2-7)3-8/h1-14H;6-8H,1-3,5H2. The molecule has 0 fully saturated rings. The second-order valence-electron chi connectivity index (χ2n) is 6.80. The fourth-order valence-corrected chi connectivity index (χ4v) is 2.80. The first-order valence-electron chi connectivity index (χ1n) is 9.31. The van der Waals surface area contributed by atoms with Crippen LogP contribution in [0, 0.1) is 0 Å². The molecule has 29 heavy (non-hydrogen) atoms. The molecular weight excluding hydrogens is 366 g/mol. The van der Waals surface area contributed by atoms with Crippen molar-refractivity contribution in [2.45, 2.75) is 5.54 Å². The molecule has 0 bridgehead atoms. The van der Waals surface area contributed by atoms with E-state index in [1.54, 1.807) is 0 Å². The summed E-state index contributed by atoms with van der Waals surface area (Å²) in [5, 5.41) is 25.0. The zero-order chi connectivity index (χ0) is 20.7. The lowest BCUT2D eigenvalue weighted by molar-refractivity contribution is 0.0698. The third-order valence-corrected chi connectivity index (χ3v) is 4.55. The number of aliphatic hydroxyl groups is 3. The second kappa shape index (κ2) is 9.45. The monoisotopic (exact) mass is 391 g/mol. The molecule has 6 heteroatoms. The van der Waals surface area contributed by atoms with E-state index >= 15 is 0 Å². The summed E-state index contributed by atoms with van der Waals surface area (Å²) in [6, 6.07) is 28.9. The lowest BCUT2D eigenvalue weighted by atomic mass is 10.1. The SMILES string of the molecule is NC(CO)(CO)CO.c1ccc(-c2nc3ccccc3n2-c2ccccc2)cc1. The minimum Gasteiger partial charge on any atom is -0.394 e. The van der Waals surface area contributed by atoms with Gasteiger partial charge in [0.1, 0.15) is 5.82 Å². The van der Waals surface area contributed by atoms with E-state index in [0.717, 1.165) is 28.1 Å². The van der Waals surface area contributed by atoms with E-state index in [1.807, 2.05) is 30.3 Å². The lowest BCUT2D eigenvalue weighted by Crippen LogP contribution is -2.50. The van der Waals surface area contributed by atoms with Gasteiger partial charge in [-0.05, 0) is 24.3 Å². The predicted molar refractivity (Wildman–Crippen MR) is 115 cm³/mol. The fraction of sp³-hybridized carbons (Fsp3) is 0.174. The molecule has 0 aliphatic rings. The van der Waals surface area contributed by atoms with Gasteiger partial charge in [-0.2, -0.15) is 0 Å². The van der Waals surface area contributed by atoms with Gasteiger partial charge < -0.3 is 21.1 Å². The number of hydrogen-bond acceptors (Lipinski definition) is 5. The van der Waals surface area contributed by atoms with Crippen LogP contribution in [0.4, 0.5) is 0 Å². The third-order valence-electron chi connectivity index (χ3n) is 4.55. The molecule has 1 heterocycles. The van der Waals surface area contributed by atoms with Crippen LogP contribution in [0.1, 0.15) is 0 Å². The van der Waals surface area contributed by atoms with Gasteiger partial charge in [0.15, 0.2) is 0 Å². The van der Waals surface area contributed by atoms with Crippen LogP contribution >= 0.6 is 0 Å². The molecule has 6 nitrogen and oxygen atoms in total. The van der Waals surface area contributed by atoms with Crippen molar-refractivity contribution in [3.8, 4) is 17.1 Å². The average molecular weight is 391 g/mol. The Hall–Kier alpha value is -3.03. The highest BCUT2D eigenvalue weighted by Crippen LogP contribution is 2.28. The Balaban J connectivity index is 0.000000258. The maximum absolute atomic E-state index is 8.34. The van der Waals surface area contributed by atoms with Gasteiger partial charge in [-0.25, -0.2) is 4.98 Å². The van der Waals surface area contributed by atoms with Crippen LogP contribution in [-0.4, -0.2) is 50.2 Å². The number of benzene rings is 3. The summed E-state index contributed by atoms with van der Waals surface area (Å²) in [7, 11) is 0. The van der Waals surface area contributed by atoms with E-state index in [1.165, 1.54) is 0 Å². The summed E-state index contributed by atoms with van der Waals surface area (Å²) in [5.41, 5.74) is 8.33. The van der Waals surface area contributed by atoms with Gasteiger partial charge in [-0.3, -0.25) is 4.57 Å². The average Bonchev–Trinajstić information content (AvgIpc) is 3.20. The minimum absolute atomic E-state index is 0.403. The summed E-state index contributed by atoms with van der Waals surface area (Å²) in [6.45, 7) is -1.21. The van der Waals surface area contributed by atoms with Crippen molar-refractivity contribution in [2.24, 2.45) is 5.73 Å². The molecule has 5 N–H and O–H groups in total. The van der Waals surface area contributed by atoms with E-state index in [4.69, 9.17) is 26.0 Å². The smallest absolute Gasteiger partial charge is 0.145 e. The maximum Gasteiger partial charge on any atom is 0.145 e. The predicted octanol–water partition coefficient (Wildman–Crippen LogP) is 2.35. The first-order valence-corrected chi connectivity index (χ1v) is 9.31. The molecule has 4 aromatic rings. The molecule has 0 aliphatic heterocycles. The number of hydrogen-bond donors (Lipinski definition) is 4. The number of aromatic nitrogens is 2. The number of imidazole rings is 1. The number of nitrogens with two attached hydrogens (primary N) is 1. The topological polar surface area (TPSA) is 105 Å². The molecule has 150 valence electrons. The second-order valence-corrected chi connectivity index (χ2v) is 6.80. The normalized spacial score (nSPS) is 11.2. The van der Waals surface area contributed by atoms with E-state index < -0.39 is 25.4 Å². The highest BCUT2D eigenvalue weighted by atomic mass is 16.3. The third kappa shape index (κ3) is 4.70. The summed E-state index contributed by atoms with van der Waals surface area (Å²) >= 11 is 0. The van der Waals surface area contributed by atoms with Crippen LogP contribution in [0.2, 0.25) is 0 Å². The Kier molecular flexibility index (Phi) is 6.74. The highest BCUT2D eigenvalue weighted by molar-refractivity contribution is 5.83. The van der Waals surface area contributed by atoms with E-state index in [0.29, 0.717) is 0 Å². The molecule has 0 radical (unpaired) electrons. The van der Waals surface area contributed by atoms with Gasteiger partial charge in [0.2, 0.25) is 0 Å². The maximum atomic E-state index is 8.34. The molecule has 0 amide bonds. The molecule has 0 spiro atoms. The zero-order valence-electron chi connectivity index (χ0n) is 16.0. The lowest BCUT2D eigenvalue weighted by Gasteiger charge is -2.20. The largest absolute Gasteiger partial charge is 0.394 e. The van der Waals surface area contributed by atoms with Gasteiger partial charge >= 0.3 is 0 Å². The zero-order valence-corrected chi connectivity index (χ0v) is 16.0. The van der Waals surface area contributed by atoms with Crippen molar-refractivity contribution in [1.82, 2.24) is 9.55 Å². The molecule has 4 rings (SSSR count). The molecule has 0 saturated heterocycles. The van der Waals surface area contributed by atoms with Crippen LogP contribution in [0.15, 0.2) is 84.9 Å². The molecule has 1 aromatic heterocycles. The number of aliphatic hydroxyl groups excluding tert-OH is 3. The first-order chi connectivity index (χ1) is 14.1. The van der Waals surface area contributed by atoms with Gasteiger partial charge in [0.05, 0.1) is 36.4 Å². The quantitative estimate of drug-likeness (QED) is 0.418. The minimum atomic E-state index is -1.21. The number of rotatable bonds is 5. The van der Waals surface area contributed by atoms with Gasteiger partial charge in [-0.1, -0.05) is 60.7 Å². The number of para-hydroxylation sites is 3. The Morgan fingerprint density at radius 1 is 0.724 bits per heavy atom. The van der Waals surface area contributed by atoms with Crippen LogP contribution in [0.3, 0.4) is 0 Å².